The first kappa shape index (κ1) is 14.6. The van der Waals surface area contributed by atoms with E-state index < -0.39 is 0 Å². The van der Waals surface area contributed by atoms with Gasteiger partial charge in [-0.25, -0.2) is 0 Å². The van der Waals surface area contributed by atoms with Gasteiger partial charge in [0.05, 0.1) is 11.4 Å². The van der Waals surface area contributed by atoms with E-state index in [9.17, 15) is 0 Å². The van der Waals surface area contributed by atoms with Gasteiger partial charge in [0.1, 0.15) is 0 Å². The van der Waals surface area contributed by atoms with Crippen molar-refractivity contribution in [3.63, 3.8) is 0 Å². The zero-order chi connectivity index (χ0) is 13.0. The Labute approximate surface area is 113 Å². The van der Waals surface area contributed by atoms with Crippen molar-refractivity contribution in [3.05, 3.63) is 11.1 Å². The number of nitrogen functional groups attached to an aromatic ring is 2. The van der Waals surface area contributed by atoms with Crippen LogP contribution in [0.3, 0.4) is 0 Å². The lowest BCUT2D eigenvalue weighted by atomic mass is 10.1. The van der Waals surface area contributed by atoms with Gasteiger partial charge in [-0.15, -0.1) is 23.5 Å². The molecular weight excluding hydrogens is 248 g/mol. The average Bonchev–Trinajstić information content (AvgIpc) is 2.33. The summed E-state index contributed by atoms with van der Waals surface area (Å²) in [4.78, 5) is 2.47. The Kier molecular flexibility index (Phi) is 5.53. The van der Waals surface area contributed by atoms with E-state index in [1.54, 1.807) is 0 Å². The summed E-state index contributed by atoms with van der Waals surface area (Å²) in [5, 5.41) is 0. The van der Waals surface area contributed by atoms with E-state index in [0.717, 1.165) is 34.9 Å². The van der Waals surface area contributed by atoms with E-state index in [1.807, 2.05) is 30.4 Å². The van der Waals surface area contributed by atoms with E-state index in [2.05, 4.69) is 20.8 Å². The van der Waals surface area contributed by atoms with Crippen LogP contribution >= 0.6 is 23.5 Å². The zero-order valence-corrected chi connectivity index (χ0v) is 12.7. The van der Waals surface area contributed by atoms with Gasteiger partial charge in [0.15, 0.2) is 0 Å². The molecule has 0 radical (unpaired) electrons. The van der Waals surface area contributed by atoms with Crippen LogP contribution in [0.5, 0.6) is 0 Å². The molecule has 0 heterocycles. The number of hydrogen-bond acceptors (Lipinski definition) is 4. The van der Waals surface area contributed by atoms with E-state index >= 15 is 0 Å². The Morgan fingerprint density at radius 3 is 1.59 bits per heavy atom. The number of benzene rings is 1. The SMILES string of the molecule is CCSc1c(N)c(C)c(N)c(SCC)c1CC. The summed E-state index contributed by atoms with van der Waals surface area (Å²) in [5.74, 6) is 2.08. The van der Waals surface area contributed by atoms with Crippen LogP contribution in [0.25, 0.3) is 0 Å². The third kappa shape index (κ3) is 2.86. The Morgan fingerprint density at radius 1 is 0.882 bits per heavy atom. The molecule has 96 valence electrons. The smallest absolute Gasteiger partial charge is 0.0506 e. The molecule has 0 aromatic heterocycles. The van der Waals surface area contributed by atoms with Gasteiger partial charge in [-0.2, -0.15) is 0 Å². The van der Waals surface area contributed by atoms with E-state index in [1.165, 1.54) is 15.4 Å². The molecule has 0 spiro atoms. The van der Waals surface area contributed by atoms with Crippen molar-refractivity contribution < 1.29 is 0 Å². The molecule has 1 aromatic rings. The van der Waals surface area contributed by atoms with Crippen LogP contribution in [0.2, 0.25) is 0 Å². The molecule has 0 unspecified atom stereocenters. The molecule has 17 heavy (non-hydrogen) atoms. The molecule has 0 aliphatic carbocycles. The first-order valence-electron chi connectivity index (χ1n) is 6.04. The summed E-state index contributed by atoms with van der Waals surface area (Å²) in [6, 6.07) is 0. The van der Waals surface area contributed by atoms with E-state index in [0.29, 0.717) is 0 Å². The molecule has 0 saturated heterocycles. The quantitative estimate of drug-likeness (QED) is 0.628. The van der Waals surface area contributed by atoms with Crippen molar-refractivity contribution in [2.75, 3.05) is 23.0 Å². The fourth-order valence-corrected chi connectivity index (χ4v) is 3.95. The Balaban J connectivity index is 3.47. The molecule has 0 bridgehead atoms. The second kappa shape index (κ2) is 6.45. The largest absolute Gasteiger partial charge is 0.398 e. The molecule has 0 aliphatic heterocycles. The number of anilines is 2. The number of hydrogen-bond donors (Lipinski definition) is 2. The molecule has 4 heteroatoms. The Morgan fingerprint density at radius 2 is 1.29 bits per heavy atom. The molecule has 1 aromatic carbocycles. The lowest BCUT2D eigenvalue weighted by Crippen LogP contribution is -2.05. The van der Waals surface area contributed by atoms with Gasteiger partial charge in [0, 0.05) is 9.79 Å². The molecule has 0 amide bonds. The molecule has 2 nitrogen and oxygen atoms in total. The number of thioether (sulfide) groups is 2. The van der Waals surface area contributed by atoms with Crippen molar-refractivity contribution in [2.45, 2.75) is 43.9 Å². The maximum atomic E-state index is 6.20. The number of rotatable bonds is 5. The van der Waals surface area contributed by atoms with Gasteiger partial charge in [-0.05, 0) is 36.0 Å². The topological polar surface area (TPSA) is 52.0 Å². The average molecular weight is 270 g/mol. The van der Waals surface area contributed by atoms with Gasteiger partial charge in [0.2, 0.25) is 0 Å². The summed E-state index contributed by atoms with van der Waals surface area (Å²) >= 11 is 3.64. The van der Waals surface area contributed by atoms with Crippen LogP contribution in [0.15, 0.2) is 9.79 Å². The zero-order valence-electron chi connectivity index (χ0n) is 11.1. The Hall–Kier alpha value is -0.480. The molecule has 0 fully saturated rings. The van der Waals surface area contributed by atoms with Gasteiger partial charge in [-0.1, -0.05) is 20.8 Å². The van der Waals surface area contributed by atoms with Gasteiger partial charge >= 0.3 is 0 Å². The van der Waals surface area contributed by atoms with Gasteiger partial charge in [0.25, 0.3) is 0 Å². The fourth-order valence-electron chi connectivity index (χ4n) is 1.85. The second-order valence-electron chi connectivity index (χ2n) is 3.81. The minimum atomic E-state index is 0.867. The first-order valence-corrected chi connectivity index (χ1v) is 8.01. The van der Waals surface area contributed by atoms with Crippen LogP contribution in [0.4, 0.5) is 11.4 Å². The minimum Gasteiger partial charge on any atom is -0.398 e. The maximum absolute atomic E-state index is 6.20. The van der Waals surface area contributed by atoms with Crippen molar-refractivity contribution in [2.24, 2.45) is 0 Å². The molecule has 1 rings (SSSR count). The summed E-state index contributed by atoms with van der Waals surface area (Å²) in [5.41, 5.74) is 16.5. The summed E-state index contributed by atoms with van der Waals surface area (Å²) in [7, 11) is 0. The standard InChI is InChI=1S/C13H22N2S2/c1-5-9-12(16-6-2)10(14)8(4)11(15)13(9)17-7-3/h5-7,14-15H2,1-4H3. The van der Waals surface area contributed by atoms with E-state index in [4.69, 9.17) is 11.5 Å². The van der Waals surface area contributed by atoms with Gasteiger partial charge in [-0.3, -0.25) is 0 Å². The third-order valence-electron chi connectivity index (χ3n) is 2.78. The summed E-state index contributed by atoms with van der Waals surface area (Å²) < 4.78 is 0. The van der Waals surface area contributed by atoms with Crippen LogP contribution in [-0.2, 0) is 6.42 Å². The maximum Gasteiger partial charge on any atom is 0.0506 e. The number of nitrogens with two attached hydrogens (primary N) is 2. The first-order chi connectivity index (χ1) is 8.08. The second-order valence-corrected chi connectivity index (χ2v) is 6.36. The van der Waals surface area contributed by atoms with E-state index in [-0.39, 0.29) is 0 Å². The summed E-state index contributed by atoms with van der Waals surface area (Å²) in [6.07, 6.45) is 0.985. The van der Waals surface area contributed by atoms with Crippen molar-refractivity contribution in [3.8, 4) is 0 Å². The highest BCUT2D eigenvalue weighted by atomic mass is 32.2. The fraction of sp³-hybridized carbons (Fsp3) is 0.538. The molecule has 0 saturated carbocycles. The molecule has 4 N–H and O–H groups in total. The molecular formula is C13H22N2S2. The highest BCUT2D eigenvalue weighted by molar-refractivity contribution is 8.00. The molecule has 0 atom stereocenters. The van der Waals surface area contributed by atoms with Crippen LogP contribution in [0.1, 0.15) is 31.9 Å². The monoisotopic (exact) mass is 270 g/mol. The molecule has 0 aliphatic rings. The summed E-state index contributed by atoms with van der Waals surface area (Å²) in [6.45, 7) is 8.50. The highest BCUT2D eigenvalue weighted by Gasteiger charge is 2.17. The highest BCUT2D eigenvalue weighted by Crippen LogP contribution is 2.42. The predicted molar refractivity (Wildman–Crippen MR) is 82.2 cm³/mol. The van der Waals surface area contributed by atoms with Crippen LogP contribution in [0, 0.1) is 6.92 Å². The van der Waals surface area contributed by atoms with Crippen LogP contribution in [-0.4, -0.2) is 11.5 Å². The lowest BCUT2D eigenvalue weighted by molar-refractivity contribution is 1.02. The lowest BCUT2D eigenvalue weighted by Gasteiger charge is -2.20. The predicted octanol–water partition coefficient (Wildman–Crippen LogP) is 3.95. The van der Waals surface area contributed by atoms with Gasteiger partial charge < -0.3 is 11.5 Å². The normalized spacial score (nSPS) is 10.8. The third-order valence-corrected chi connectivity index (χ3v) is 4.86. The van der Waals surface area contributed by atoms with Crippen molar-refractivity contribution in [1.82, 2.24) is 0 Å². The van der Waals surface area contributed by atoms with Crippen molar-refractivity contribution in [1.29, 1.82) is 0 Å². The van der Waals surface area contributed by atoms with Crippen molar-refractivity contribution >= 4 is 34.9 Å². The Bertz CT molecular complexity index is 370. The minimum absolute atomic E-state index is 0.867. The van der Waals surface area contributed by atoms with Crippen LogP contribution < -0.4 is 11.5 Å².